The third-order valence-electron chi connectivity index (χ3n) is 5.58. The lowest BCUT2D eigenvalue weighted by molar-refractivity contribution is -0.153. The molecule has 2 amide bonds. The summed E-state index contributed by atoms with van der Waals surface area (Å²) >= 11 is 0. The molecule has 1 aromatic carbocycles. The molecule has 0 bridgehead atoms. The first kappa shape index (κ1) is 19.1. The summed E-state index contributed by atoms with van der Waals surface area (Å²) in [6.07, 6.45) is 5.63. The Labute approximate surface area is 166 Å². The van der Waals surface area contributed by atoms with Crippen molar-refractivity contribution in [1.29, 1.82) is 0 Å². The molecule has 1 aliphatic carbocycles. The normalized spacial score (nSPS) is 20.9. The maximum Gasteiger partial charge on any atom is 0.336 e. The van der Waals surface area contributed by atoms with Crippen molar-refractivity contribution < 1.29 is 23.5 Å². The van der Waals surface area contributed by atoms with E-state index in [9.17, 15) is 19.2 Å². The average Bonchev–Trinajstić information content (AvgIpc) is 2.96. The second-order valence-corrected chi connectivity index (χ2v) is 7.35. The number of allylic oxidation sites excluding steroid dienone is 2. The molecule has 2 aliphatic rings. The van der Waals surface area contributed by atoms with Crippen molar-refractivity contribution in [2.75, 3.05) is 6.54 Å². The Bertz CT molecular complexity index is 1060. The number of rotatable bonds is 5. The van der Waals surface area contributed by atoms with E-state index in [4.69, 9.17) is 9.15 Å². The average molecular weight is 395 g/mol. The van der Waals surface area contributed by atoms with E-state index in [0.717, 1.165) is 16.9 Å². The molecular formula is C22H21NO6. The van der Waals surface area contributed by atoms with Gasteiger partial charge < -0.3 is 9.15 Å². The van der Waals surface area contributed by atoms with Gasteiger partial charge in [-0.2, -0.15) is 0 Å². The van der Waals surface area contributed by atoms with E-state index in [1.165, 1.54) is 6.07 Å². The number of ether oxygens (including phenoxy) is 1. The topological polar surface area (TPSA) is 93.9 Å². The molecule has 0 radical (unpaired) electrons. The number of nitrogens with zero attached hydrogens (tertiary/aromatic N) is 1. The SMILES string of the molecule is CCc1ccc2c(COC(=O)CN3C(=O)[C@H]4CC=CC[C@H]4C3=O)cc(=O)oc2c1. The van der Waals surface area contributed by atoms with E-state index < -0.39 is 18.1 Å². The van der Waals surface area contributed by atoms with E-state index in [-0.39, 0.29) is 30.3 Å². The summed E-state index contributed by atoms with van der Waals surface area (Å²) < 4.78 is 10.5. The van der Waals surface area contributed by atoms with E-state index in [0.29, 0.717) is 29.4 Å². The van der Waals surface area contributed by atoms with Gasteiger partial charge in [-0.1, -0.05) is 31.2 Å². The van der Waals surface area contributed by atoms with Crippen LogP contribution in [0.3, 0.4) is 0 Å². The van der Waals surface area contributed by atoms with Gasteiger partial charge in [-0.25, -0.2) is 4.79 Å². The number of esters is 1. The molecule has 0 N–H and O–H groups in total. The zero-order chi connectivity index (χ0) is 20.5. The van der Waals surface area contributed by atoms with Crippen LogP contribution in [0, 0.1) is 11.8 Å². The lowest BCUT2D eigenvalue weighted by Crippen LogP contribution is -2.36. The van der Waals surface area contributed by atoms with Gasteiger partial charge in [-0.3, -0.25) is 19.3 Å². The minimum Gasteiger partial charge on any atom is -0.459 e. The second kappa shape index (κ2) is 7.66. The van der Waals surface area contributed by atoms with Crippen molar-refractivity contribution in [3.8, 4) is 0 Å². The standard InChI is InChI=1S/C22H21NO6/c1-2-13-7-8-15-14(10-19(24)29-18(15)9-13)12-28-20(25)11-23-21(26)16-5-3-4-6-17(16)22(23)27/h3-4,7-10,16-17H,2,5-6,11-12H2,1H3/t16-,17+. The van der Waals surface area contributed by atoms with Crippen molar-refractivity contribution >= 4 is 28.8 Å². The van der Waals surface area contributed by atoms with Crippen molar-refractivity contribution in [2.24, 2.45) is 11.8 Å². The molecule has 2 atom stereocenters. The van der Waals surface area contributed by atoms with E-state index in [2.05, 4.69) is 0 Å². The van der Waals surface area contributed by atoms with E-state index >= 15 is 0 Å². The highest BCUT2D eigenvalue weighted by atomic mass is 16.5. The summed E-state index contributed by atoms with van der Waals surface area (Å²) in [6, 6.07) is 6.82. The molecule has 1 aromatic heterocycles. The van der Waals surface area contributed by atoms with Gasteiger partial charge >= 0.3 is 11.6 Å². The van der Waals surface area contributed by atoms with Gasteiger partial charge in [-0.05, 0) is 30.9 Å². The summed E-state index contributed by atoms with van der Waals surface area (Å²) in [4.78, 5) is 50.0. The highest BCUT2D eigenvalue weighted by molar-refractivity contribution is 6.07. The van der Waals surface area contributed by atoms with E-state index in [1.807, 2.05) is 31.2 Å². The number of hydrogen-bond donors (Lipinski definition) is 0. The van der Waals surface area contributed by atoms with Gasteiger partial charge in [0.25, 0.3) is 0 Å². The van der Waals surface area contributed by atoms with E-state index in [1.54, 1.807) is 6.07 Å². The first-order chi connectivity index (χ1) is 14.0. The highest BCUT2D eigenvalue weighted by Gasteiger charge is 2.47. The lowest BCUT2D eigenvalue weighted by atomic mass is 9.85. The number of benzene rings is 1. The fourth-order valence-electron chi connectivity index (χ4n) is 3.97. The first-order valence-corrected chi connectivity index (χ1v) is 9.69. The monoisotopic (exact) mass is 395 g/mol. The molecule has 1 aliphatic heterocycles. The number of fused-ring (bicyclic) bond motifs is 2. The number of carbonyl (C=O) groups is 3. The van der Waals surface area contributed by atoms with Gasteiger partial charge in [0.05, 0.1) is 11.8 Å². The Morgan fingerprint density at radius 3 is 2.45 bits per heavy atom. The smallest absolute Gasteiger partial charge is 0.336 e. The highest BCUT2D eigenvalue weighted by Crippen LogP contribution is 2.34. The molecule has 7 heteroatoms. The number of likely N-dealkylation sites (tertiary alicyclic amines) is 1. The third-order valence-corrected chi connectivity index (χ3v) is 5.58. The lowest BCUT2D eigenvalue weighted by Gasteiger charge is -2.14. The Balaban J connectivity index is 1.46. The van der Waals surface area contributed by atoms with Gasteiger partial charge in [0.15, 0.2) is 0 Å². The molecule has 7 nitrogen and oxygen atoms in total. The maximum atomic E-state index is 12.4. The maximum absolute atomic E-state index is 12.4. The van der Waals surface area contributed by atoms with Crippen LogP contribution in [0.4, 0.5) is 0 Å². The van der Waals surface area contributed by atoms with Crippen LogP contribution in [-0.4, -0.2) is 29.2 Å². The molecule has 0 unspecified atom stereocenters. The van der Waals surface area contributed by atoms with Crippen LogP contribution in [0.2, 0.25) is 0 Å². The molecule has 0 spiro atoms. The Kier molecular flexibility index (Phi) is 5.05. The largest absolute Gasteiger partial charge is 0.459 e. The summed E-state index contributed by atoms with van der Waals surface area (Å²) in [6.45, 7) is 1.44. The zero-order valence-electron chi connectivity index (χ0n) is 16.1. The van der Waals surface area contributed by atoms with Crippen LogP contribution >= 0.6 is 0 Å². The quantitative estimate of drug-likeness (QED) is 0.334. The molecule has 29 heavy (non-hydrogen) atoms. The van der Waals surface area contributed by atoms with Crippen molar-refractivity contribution in [3.05, 3.63) is 58.0 Å². The fourth-order valence-corrected chi connectivity index (χ4v) is 3.97. The number of carbonyl (C=O) groups excluding carboxylic acids is 3. The van der Waals surface area contributed by atoms with Gasteiger partial charge in [0.2, 0.25) is 11.8 Å². The summed E-state index contributed by atoms with van der Waals surface area (Å²) in [7, 11) is 0. The molecule has 150 valence electrons. The molecular weight excluding hydrogens is 374 g/mol. The Hall–Kier alpha value is -3.22. The van der Waals surface area contributed by atoms with Gasteiger partial charge in [0, 0.05) is 17.0 Å². The minimum absolute atomic E-state index is 0.142. The molecule has 4 rings (SSSR count). The fraction of sp³-hybridized carbons (Fsp3) is 0.364. The summed E-state index contributed by atoms with van der Waals surface area (Å²) in [5.74, 6) is -2.09. The van der Waals surface area contributed by atoms with Crippen LogP contribution in [-0.2, 0) is 32.1 Å². The van der Waals surface area contributed by atoms with Crippen molar-refractivity contribution in [3.63, 3.8) is 0 Å². The van der Waals surface area contributed by atoms with Crippen LogP contribution in [0.1, 0.15) is 30.9 Å². The summed E-state index contributed by atoms with van der Waals surface area (Å²) in [5.41, 5.74) is 1.45. The summed E-state index contributed by atoms with van der Waals surface area (Å²) in [5, 5.41) is 0.681. The van der Waals surface area contributed by atoms with Crippen LogP contribution in [0.15, 0.2) is 45.6 Å². The first-order valence-electron chi connectivity index (χ1n) is 9.69. The number of hydrogen-bond acceptors (Lipinski definition) is 6. The Morgan fingerprint density at radius 2 is 1.79 bits per heavy atom. The molecule has 2 heterocycles. The number of aryl methyl sites for hydroxylation is 1. The predicted molar refractivity (Wildman–Crippen MR) is 104 cm³/mol. The number of imide groups is 1. The van der Waals surface area contributed by atoms with Gasteiger partial charge in [0.1, 0.15) is 18.7 Å². The molecule has 1 fully saturated rings. The third kappa shape index (κ3) is 3.60. The molecule has 2 aromatic rings. The zero-order valence-corrected chi connectivity index (χ0v) is 16.1. The minimum atomic E-state index is -0.690. The Morgan fingerprint density at radius 1 is 1.10 bits per heavy atom. The van der Waals surface area contributed by atoms with Crippen LogP contribution < -0.4 is 5.63 Å². The van der Waals surface area contributed by atoms with Crippen molar-refractivity contribution in [1.82, 2.24) is 4.90 Å². The van der Waals surface area contributed by atoms with Gasteiger partial charge in [-0.15, -0.1) is 0 Å². The van der Waals surface area contributed by atoms with Crippen LogP contribution in [0.5, 0.6) is 0 Å². The number of amides is 2. The molecule has 1 saturated heterocycles. The predicted octanol–water partition coefficient (Wildman–Crippen LogP) is 2.35. The molecule has 0 saturated carbocycles. The second-order valence-electron chi connectivity index (χ2n) is 7.35. The van der Waals surface area contributed by atoms with Crippen molar-refractivity contribution in [2.45, 2.75) is 32.8 Å². The van der Waals surface area contributed by atoms with Crippen LogP contribution in [0.25, 0.3) is 11.0 Å².